The van der Waals surface area contributed by atoms with Crippen molar-refractivity contribution in [3.63, 3.8) is 0 Å². The summed E-state index contributed by atoms with van der Waals surface area (Å²) in [6, 6.07) is 7.22. The van der Waals surface area contributed by atoms with Crippen LogP contribution in [0.5, 0.6) is 11.6 Å². The Morgan fingerprint density at radius 3 is 2.94 bits per heavy atom. The number of benzene rings is 1. The summed E-state index contributed by atoms with van der Waals surface area (Å²) in [5.74, 6) is 1.08. The molecule has 2 rings (SSSR count). The maximum atomic E-state index is 5.92. The lowest BCUT2D eigenvalue weighted by atomic mass is 10.2. The summed E-state index contributed by atoms with van der Waals surface area (Å²) in [7, 11) is 0. The minimum absolute atomic E-state index is 0.352. The fraction of sp³-hybridized carbons (Fsp3) is 0.167. The standard InChI is InChI=1S/C12H12ClN3O/c1-8-2-3-10(13)6-11(8)17-12-9(7-14)4-5-15-16-12/h2-6H,7,14H2,1H3. The Labute approximate surface area is 104 Å². The Kier molecular flexibility index (Phi) is 3.56. The quantitative estimate of drug-likeness (QED) is 0.909. The first kappa shape index (κ1) is 11.8. The van der Waals surface area contributed by atoms with E-state index < -0.39 is 0 Å². The topological polar surface area (TPSA) is 61.0 Å². The van der Waals surface area contributed by atoms with E-state index in [2.05, 4.69) is 10.2 Å². The Morgan fingerprint density at radius 2 is 2.18 bits per heavy atom. The van der Waals surface area contributed by atoms with E-state index in [0.717, 1.165) is 11.1 Å². The van der Waals surface area contributed by atoms with Gasteiger partial charge in [0.25, 0.3) is 0 Å². The number of rotatable bonds is 3. The number of ether oxygens (including phenoxy) is 1. The van der Waals surface area contributed by atoms with Crippen molar-refractivity contribution in [1.82, 2.24) is 10.2 Å². The summed E-state index contributed by atoms with van der Waals surface area (Å²) < 4.78 is 5.67. The maximum absolute atomic E-state index is 5.92. The summed E-state index contributed by atoms with van der Waals surface area (Å²) in [5.41, 5.74) is 7.38. The molecule has 0 fully saturated rings. The van der Waals surface area contributed by atoms with Crippen LogP contribution in [0.4, 0.5) is 0 Å². The van der Waals surface area contributed by atoms with Gasteiger partial charge in [-0.2, -0.15) is 5.10 Å². The van der Waals surface area contributed by atoms with Crippen molar-refractivity contribution in [3.8, 4) is 11.6 Å². The van der Waals surface area contributed by atoms with Crippen LogP contribution in [-0.2, 0) is 6.54 Å². The van der Waals surface area contributed by atoms with Gasteiger partial charge in [-0.3, -0.25) is 0 Å². The van der Waals surface area contributed by atoms with Crippen LogP contribution in [0.1, 0.15) is 11.1 Å². The van der Waals surface area contributed by atoms with Gasteiger partial charge in [-0.05, 0) is 30.7 Å². The second kappa shape index (κ2) is 5.12. The van der Waals surface area contributed by atoms with Gasteiger partial charge < -0.3 is 10.5 Å². The van der Waals surface area contributed by atoms with Crippen LogP contribution in [0, 0.1) is 6.92 Å². The third-order valence-corrected chi connectivity index (χ3v) is 2.58. The number of hydrogen-bond acceptors (Lipinski definition) is 4. The van der Waals surface area contributed by atoms with Crippen molar-refractivity contribution in [3.05, 3.63) is 46.6 Å². The smallest absolute Gasteiger partial charge is 0.243 e. The SMILES string of the molecule is Cc1ccc(Cl)cc1Oc1nnccc1CN. The third-order valence-electron chi connectivity index (χ3n) is 2.34. The van der Waals surface area contributed by atoms with Gasteiger partial charge in [-0.25, -0.2) is 0 Å². The van der Waals surface area contributed by atoms with Crippen LogP contribution in [0.15, 0.2) is 30.5 Å². The molecule has 0 radical (unpaired) electrons. The molecule has 1 heterocycles. The monoisotopic (exact) mass is 249 g/mol. The highest BCUT2D eigenvalue weighted by Crippen LogP contribution is 2.28. The minimum atomic E-state index is 0.352. The molecular weight excluding hydrogens is 238 g/mol. The highest BCUT2D eigenvalue weighted by molar-refractivity contribution is 6.30. The van der Waals surface area contributed by atoms with E-state index in [1.807, 2.05) is 19.1 Å². The van der Waals surface area contributed by atoms with Gasteiger partial charge in [0.05, 0.1) is 6.20 Å². The van der Waals surface area contributed by atoms with E-state index in [1.54, 1.807) is 18.3 Å². The van der Waals surface area contributed by atoms with Crippen LogP contribution in [-0.4, -0.2) is 10.2 Å². The number of hydrogen-bond donors (Lipinski definition) is 1. The normalized spacial score (nSPS) is 10.3. The minimum Gasteiger partial charge on any atom is -0.437 e. The molecule has 0 saturated heterocycles. The van der Waals surface area contributed by atoms with Crippen molar-refractivity contribution in [2.45, 2.75) is 13.5 Å². The molecule has 0 spiro atoms. The predicted octanol–water partition coefficient (Wildman–Crippen LogP) is 2.69. The molecule has 0 amide bonds. The lowest BCUT2D eigenvalue weighted by Gasteiger charge is -2.10. The van der Waals surface area contributed by atoms with E-state index in [1.165, 1.54) is 0 Å². The number of nitrogens with two attached hydrogens (primary N) is 1. The largest absolute Gasteiger partial charge is 0.437 e. The number of aryl methyl sites for hydroxylation is 1. The molecule has 1 aromatic heterocycles. The zero-order chi connectivity index (χ0) is 12.3. The Hall–Kier alpha value is -1.65. The highest BCUT2D eigenvalue weighted by Gasteiger charge is 2.07. The van der Waals surface area contributed by atoms with Gasteiger partial charge in [0.1, 0.15) is 5.75 Å². The molecule has 2 N–H and O–H groups in total. The number of nitrogens with zero attached hydrogens (tertiary/aromatic N) is 2. The van der Waals surface area contributed by atoms with Crippen molar-refractivity contribution in [2.75, 3.05) is 0 Å². The highest BCUT2D eigenvalue weighted by atomic mass is 35.5. The summed E-state index contributed by atoms with van der Waals surface area (Å²) in [6.07, 6.45) is 1.58. The first-order valence-electron chi connectivity index (χ1n) is 5.15. The number of halogens is 1. The molecule has 0 bridgehead atoms. The fourth-order valence-corrected chi connectivity index (χ4v) is 1.54. The molecule has 17 heavy (non-hydrogen) atoms. The Morgan fingerprint density at radius 1 is 1.35 bits per heavy atom. The summed E-state index contributed by atoms with van der Waals surface area (Å²) in [4.78, 5) is 0. The first-order valence-corrected chi connectivity index (χ1v) is 5.53. The third kappa shape index (κ3) is 2.72. The van der Waals surface area contributed by atoms with Crippen LogP contribution in [0.25, 0.3) is 0 Å². The lowest BCUT2D eigenvalue weighted by Crippen LogP contribution is -2.02. The van der Waals surface area contributed by atoms with E-state index in [-0.39, 0.29) is 0 Å². The van der Waals surface area contributed by atoms with Crippen LogP contribution < -0.4 is 10.5 Å². The molecule has 0 unspecified atom stereocenters. The zero-order valence-electron chi connectivity index (χ0n) is 9.35. The van der Waals surface area contributed by atoms with Crippen molar-refractivity contribution >= 4 is 11.6 Å². The average molecular weight is 250 g/mol. The molecule has 4 nitrogen and oxygen atoms in total. The molecular formula is C12H12ClN3O. The summed E-state index contributed by atoms with van der Waals surface area (Å²) in [5, 5.41) is 8.31. The van der Waals surface area contributed by atoms with Crippen LogP contribution >= 0.6 is 11.6 Å². The fourth-order valence-electron chi connectivity index (χ4n) is 1.37. The van der Waals surface area contributed by atoms with Crippen molar-refractivity contribution in [2.24, 2.45) is 5.73 Å². The van der Waals surface area contributed by atoms with E-state index in [9.17, 15) is 0 Å². The average Bonchev–Trinajstić information content (AvgIpc) is 2.34. The summed E-state index contributed by atoms with van der Waals surface area (Å²) >= 11 is 5.92. The molecule has 0 aliphatic heterocycles. The van der Waals surface area contributed by atoms with Crippen LogP contribution in [0.3, 0.4) is 0 Å². The van der Waals surface area contributed by atoms with Gasteiger partial charge in [0, 0.05) is 17.1 Å². The first-order chi connectivity index (χ1) is 8.20. The van der Waals surface area contributed by atoms with Crippen LogP contribution in [0.2, 0.25) is 5.02 Å². The van der Waals surface area contributed by atoms with Gasteiger partial charge in [0.15, 0.2) is 0 Å². The van der Waals surface area contributed by atoms with Gasteiger partial charge >= 0.3 is 0 Å². The lowest BCUT2D eigenvalue weighted by molar-refractivity contribution is 0.445. The molecule has 0 atom stereocenters. The van der Waals surface area contributed by atoms with Gasteiger partial charge in [0.2, 0.25) is 5.88 Å². The molecule has 5 heteroatoms. The predicted molar refractivity (Wildman–Crippen MR) is 66.2 cm³/mol. The second-order valence-electron chi connectivity index (χ2n) is 3.58. The zero-order valence-corrected chi connectivity index (χ0v) is 10.1. The molecule has 0 saturated carbocycles. The Bertz CT molecular complexity index is 531. The number of aromatic nitrogens is 2. The molecule has 0 aliphatic carbocycles. The molecule has 0 aliphatic rings. The molecule has 1 aromatic carbocycles. The molecule has 2 aromatic rings. The van der Waals surface area contributed by atoms with E-state index in [0.29, 0.717) is 23.2 Å². The maximum Gasteiger partial charge on any atom is 0.243 e. The van der Waals surface area contributed by atoms with Crippen molar-refractivity contribution < 1.29 is 4.74 Å². The van der Waals surface area contributed by atoms with Gasteiger partial charge in [-0.15, -0.1) is 5.10 Å². The van der Waals surface area contributed by atoms with Crippen molar-refractivity contribution in [1.29, 1.82) is 0 Å². The van der Waals surface area contributed by atoms with E-state index in [4.69, 9.17) is 22.1 Å². The Balaban J connectivity index is 2.34. The van der Waals surface area contributed by atoms with E-state index >= 15 is 0 Å². The summed E-state index contributed by atoms with van der Waals surface area (Å²) in [6.45, 7) is 2.29. The molecule has 88 valence electrons. The van der Waals surface area contributed by atoms with Gasteiger partial charge in [-0.1, -0.05) is 17.7 Å². The second-order valence-corrected chi connectivity index (χ2v) is 4.01.